The van der Waals surface area contributed by atoms with E-state index in [0.29, 0.717) is 0 Å². The van der Waals surface area contributed by atoms with Crippen LogP contribution >= 0.6 is 24.4 Å². The number of thiol groups is 1. The number of carbonyl (C=O) groups excluding carboxylic acids is 1. The largest absolute Gasteiger partial charge is 0.289 e. The number of hydrogen-bond acceptors (Lipinski definition) is 4. The molecule has 1 unspecified atom stereocenters. The number of hydroxylamine groups is 1. The van der Waals surface area contributed by atoms with Gasteiger partial charge in [0, 0.05) is 9.79 Å². The fourth-order valence-electron chi connectivity index (χ4n) is 2.31. The average Bonchev–Trinajstić information content (AvgIpc) is 2.50. The lowest BCUT2D eigenvalue weighted by atomic mass is 10.1. The summed E-state index contributed by atoms with van der Waals surface area (Å²) in [4.78, 5) is 13.7. The van der Waals surface area contributed by atoms with Gasteiger partial charge in [0.1, 0.15) is 0 Å². The van der Waals surface area contributed by atoms with Crippen LogP contribution in [0, 0.1) is 6.92 Å². The summed E-state index contributed by atoms with van der Waals surface area (Å²) in [6.45, 7) is 4.22. The van der Waals surface area contributed by atoms with Crippen molar-refractivity contribution in [3.8, 4) is 0 Å². The Hall–Kier alpha value is -0.650. The summed E-state index contributed by atoms with van der Waals surface area (Å²) in [7, 11) is 0. The van der Waals surface area contributed by atoms with E-state index in [1.165, 1.54) is 37.4 Å². The maximum atomic E-state index is 11.9. The zero-order valence-electron chi connectivity index (χ0n) is 13.5. The fraction of sp³-hybridized carbons (Fsp3) is 0.588. The van der Waals surface area contributed by atoms with Gasteiger partial charge in [0.2, 0.25) is 0 Å². The summed E-state index contributed by atoms with van der Waals surface area (Å²) in [6.07, 6.45) is 7.91. The first-order valence-electron chi connectivity index (χ1n) is 7.98. The minimum absolute atomic E-state index is 0.273. The molecule has 1 atom stereocenters. The number of hydrogen-bond donors (Lipinski definition) is 3. The van der Waals surface area contributed by atoms with Gasteiger partial charge in [0.05, 0.1) is 5.25 Å². The van der Waals surface area contributed by atoms with E-state index in [0.717, 1.165) is 34.6 Å². The first-order valence-corrected chi connectivity index (χ1v) is 9.31. The SMILES string of the molecule is CCCCCCCCC(Sc1ccc(C)cc1S)C(=O)NO. The van der Waals surface area contributed by atoms with Gasteiger partial charge in [-0.1, -0.05) is 51.5 Å². The lowest BCUT2D eigenvalue weighted by Crippen LogP contribution is -2.30. The van der Waals surface area contributed by atoms with E-state index in [4.69, 9.17) is 5.21 Å². The van der Waals surface area contributed by atoms with Crippen molar-refractivity contribution >= 4 is 30.3 Å². The molecule has 3 nitrogen and oxygen atoms in total. The summed E-state index contributed by atoms with van der Waals surface area (Å²) in [5.41, 5.74) is 2.94. The fourth-order valence-corrected chi connectivity index (χ4v) is 3.82. The van der Waals surface area contributed by atoms with E-state index in [1.54, 1.807) is 5.48 Å². The van der Waals surface area contributed by atoms with Crippen LogP contribution in [0.2, 0.25) is 0 Å². The quantitative estimate of drug-likeness (QED) is 0.184. The minimum atomic E-state index is -0.327. The monoisotopic (exact) mass is 341 g/mol. The second-order valence-corrected chi connectivity index (χ2v) is 7.34. The van der Waals surface area contributed by atoms with Gasteiger partial charge in [-0.3, -0.25) is 10.0 Å². The Balaban J connectivity index is 2.52. The smallest absolute Gasteiger partial charge is 0.256 e. The Bertz CT molecular complexity index is 466. The molecular weight excluding hydrogens is 314 g/mol. The summed E-state index contributed by atoms with van der Waals surface area (Å²) in [6, 6.07) is 5.99. The van der Waals surface area contributed by atoms with Crippen molar-refractivity contribution in [2.75, 3.05) is 0 Å². The highest BCUT2D eigenvalue weighted by atomic mass is 32.2. The molecular formula is C17H27NO2S2. The summed E-state index contributed by atoms with van der Waals surface area (Å²) in [5.74, 6) is -0.327. The predicted molar refractivity (Wildman–Crippen MR) is 96.0 cm³/mol. The van der Waals surface area contributed by atoms with Crippen molar-refractivity contribution in [1.29, 1.82) is 0 Å². The second-order valence-electron chi connectivity index (χ2n) is 5.61. The molecule has 0 aliphatic carbocycles. The van der Waals surface area contributed by atoms with E-state index in [-0.39, 0.29) is 11.2 Å². The molecule has 0 spiro atoms. The molecule has 1 aromatic rings. The normalized spacial score (nSPS) is 12.2. The first kappa shape index (κ1) is 19.4. The van der Waals surface area contributed by atoms with Gasteiger partial charge in [-0.15, -0.1) is 24.4 Å². The zero-order chi connectivity index (χ0) is 16.4. The van der Waals surface area contributed by atoms with Crippen LogP contribution in [0.5, 0.6) is 0 Å². The van der Waals surface area contributed by atoms with Gasteiger partial charge in [-0.25, -0.2) is 5.48 Å². The summed E-state index contributed by atoms with van der Waals surface area (Å²) in [5, 5.41) is 8.66. The first-order chi connectivity index (χ1) is 10.6. The summed E-state index contributed by atoms with van der Waals surface area (Å²) < 4.78 is 0. The standard InChI is InChI=1S/C17H27NO2S2/c1-3-4-5-6-7-8-9-16(17(19)18-20)22-15-11-10-13(2)12-14(15)21/h10-12,16,20-21H,3-9H2,1-2H3,(H,18,19). The molecule has 0 saturated carbocycles. The Kier molecular flexibility index (Phi) is 9.68. The van der Waals surface area contributed by atoms with Crippen molar-refractivity contribution < 1.29 is 10.0 Å². The molecule has 22 heavy (non-hydrogen) atoms. The molecule has 1 rings (SSSR count). The average molecular weight is 342 g/mol. The maximum absolute atomic E-state index is 11.9. The molecule has 0 radical (unpaired) electrons. The molecule has 124 valence electrons. The Labute approximate surface area is 143 Å². The Morgan fingerprint density at radius 3 is 2.59 bits per heavy atom. The molecule has 0 bridgehead atoms. The van der Waals surface area contributed by atoms with Crippen molar-refractivity contribution in [2.24, 2.45) is 0 Å². The maximum Gasteiger partial charge on any atom is 0.256 e. The topological polar surface area (TPSA) is 49.3 Å². The zero-order valence-corrected chi connectivity index (χ0v) is 15.2. The molecule has 0 saturated heterocycles. The highest BCUT2D eigenvalue weighted by molar-refractivity contribution is 8.01. The van der Waals surface area contributed by atoms with E-state index in [1.807, 2.05) is 25.1 Å². The molecule has 5 heteroatoms. The van der Waals surface area contributed by atoms with Crippen LogP contribution in [0.4, 0.5) is 0 Å². The number of benzene rings is 1. The van der Waals surface area contributed by atoms with E-state index < -0.39 is 0 Å². The van der Waals surface area contributed by atoms with Crippen molar-refractivity contribution in [2.45, 2.75) is 73.8 Å². The van der Waals surface area contributed by atoms with Crippen LogP contribution < -0.4 is 5.48 Å². The predicted octanol–water partition coefficient (Wildman–Crippen LogP) is 5.00. The highest BCUT2D eigenvalue weighted by Crippen LogP contribution is 2.32. The number of rotatable bonds is 10. The number of aryl methyl sites for hydroxylation is 1. The third-order valence-electron chi connectivity index (χ3n) is 3.61. The van der Waals surface area contributed by atoms with Crippen LogP contribution in [0.15, 0.2) is 28.0 Å². The molecule has 1 amide bonds. The van der Waals surface area contributed by atoms with Gasteiger partial charge in [0.15, 0.2) is 0 Å². The highest BCUT2D eigenvalue weighted by Gasteiger charge is 2.20. The molecule has 0 aliphatic rings. The van der Waals surface area contributed by atoms with Crippen LogP contribution in [-0.4, -0.2) is 16.4 Å². The van der Waals surface area contributed by atoms with E-state index in [9.17, 15) is 4.79 Å². The lowest BCUT2D eigenvalue weighted by molar-refractivity contribution is -0.128. The van der Waals surface area contributed by atoms with Crippen LogP contribution in [0.1, 0.15) is 57.4 Å². The van der Waals surface area contributed by atoms with Gasteiger partial charge in [0.25, 0.3) is 5.91 Å². The Morgan fingerprint density at radius 2 is 1.95 bits per heavy atom. The number of nitrogens with one attached hydrogen (secondary N) is 1. The van der Waals surface area contributed by atoms with Crippen molar-refractivity contribution in [3.63, 3.8) is 0 Å². The van der Waals surface area contributed by atoms with Gasteiger partial charge >= 0.3 is 0 Å². The van der Waals surface area contributed by atoms with E-state index in [2.05, 4.69) is 19.6 Å². The second kappa shape index (κ2) is 11.0. The minimum Gasteiger partial charge on any atom is -0.289 e. The molecule has 0 aliphatic heterocycles. The third-order valence-corrected chi connectivity index (χ3v) is 5.47. The van der Waals surface area contributed by atoms with Gasteiger partial charge in [-0.2, -0.15) is 0 Å². The van der Waals surface area contributed by atoms with Crippen LogP contribution in [0.25, 0.3) is 0 Å². The van der Waals surface area contributed by atoms with Gasteiger partial charge in [-0.05, 0) is 31.0 Å². The third kappa shape index (κ3) is 7.07. The molecule has 0 heterocycles. The van der Waals surface area contributed by atoms with Crippen LogP contribution in [-0.2, 0) is 4.79 Å². The lowest BCUT2D eigenvalue weighted by Gasteiger charge is -2.15. The van der Waals surface area contributed by atoms with Crippen LogP contribution in [0.3, 0.4) is 0 Å². The Morgan fingerprint density at radius 1 is 1.27 bits per heavy atom. The number of carbonyl (C=O) groups is 1. The molecule has 1 aromatic carbocycles. The number of unbranched alkanes of at least 4 members (excludes halogenated alkanes) is 5. The molecule has 2 N–H and O–H groups in total. The number of amides is 1. The number of thioether (sulfide) groups is 1. The summed E-state index contributed by atoms with van der Waals surface area (Å²) >= 11 is 5.95. The van der Waals surface area contributed by atoms with E-state index >= 15 is 0 Å². The molecule has 0 fully saturated rings. The van der Waals surface area contributed by atoms with Crippen molar-refractivity contribution in [3.05, 3.63) is 23.8 Å². The molecule has 0 aromatic heterocycles. The van der Waals surface area contributed by atoms with Crippen molar-refractivity contribution in [1.82, 2.24) is 5.48 Å². The van der Waals surface area contributed by atoms with Gasteiger partial charge < -0.3 is 0 Å².